The predicted octanol–water partition coefficient (Wildman–Crippen LogP) is 2.68. The van der Waals surface area contributed by atoms with E-state index in [1.54, 1.807) is 6.20 Å². The Morgan fingerprint density at radius 2 is 2.24 bits per heavy atom. The van der Waals surface area contributed by atoms with E-state index >= 15 is 0 Å². The van der Waals surface area contributed by atoms with Crippen molar-refractivity contribution in [1.29, 1.82) is 0 Å². The second-order valence-corrected chi connectivity index (χ2v) is 4.27. The van der Waals surface area contributed by atoms with Gasteiger partial charge < -0.3 is 9.88 Å². The molecule has 1 N–H and O–H groups in total. The maximum atomic E-state index is 4.07. The Kier molecular flexibility index (Phi) is 3.94. The summed E-state index contributed by atoms with van der Waals surface area (Å²) >= 11 is 0. The molecular weight excluding hydrogens is 210 g/mol. The molecular formula is C14H19N3. The van der Waals surface area contributed by atoms with Crippen LogP contribution < -0.4 is 5.32 Å². The maximum absolute atomic E-state index is 4.07. The molecule has 2 rings (SSSR count). The van der Waals surface area contributed by atoms with Gasteiger partial charge in [-0.05, 0) is 37.1 Å². The average molecular weight is 229 g/mol. The summed E-state index contributed by atoms with van der Waals surface area (Å²) in [7, 11) is 0. The first-order valence-electron chi connectivity index (χ1n) is 6.10. The van der Waals surface area contributed by atoms with Gasteiger partial charge in [-0.25, -0.2) is 4.98 Å². The Balaban J connectivity index is 2.12. The van der Waals surface area contributed by atoms with Gasteiger partial charge in [0.25, 0.3) is 0 Å². The highest BCUT2D eigenvalue weighted by Gasteiger charge is 2.01. The quantitative estimate of drug-likeness (QED) is 0.799. The molecule has 0 fully saturated rings. The number of imidazole rings is 1. The Morgan fingerprint density at radius 3 is 2.88 bits per heavy atom. The van der Waals surface area contributed by atoms with Crippen molar-refractivity contribution in [3.05, 3.63) is 48.0 Å². The molecule has 0 radical (unpaired) electrons. The van der Waals surface area contributed by atoms with Crippen LogP contribution in [-0.2, 0) is 6.54 Å². The van der Waals surface area contributed by atoms with Crippen LogP contribution in [0.1, 0.15) is 24.5 Å². The largest absolute Gasteiger partial charge is 0.313 e. The van der Waals surface area contributed by atoms with E-state index in [9.17, 15) is 0 Å². The van der Waals surface area contributed by atoms with Gasteiger partial charge in [0.1, 0.15) is 0 Å². The fourth-order valence-corrected chi connectivity index (χ4v) is 1.93. The Labute approximate surface area is 103 Å². The summed E-state index contributed by atoms with van der Waals surface area (Å²) < 4.78 is 2.04. The number of hydrogen-bond donors (Lipinski definition) is 1. The second-order valence-electron chi connectivity index (χ2n) is 4.27. The molecule has 0 aliphatic rings. The Hall–Kier alpha value is -1.61. The van der Waals surface area contributed by atoms with Crippen molar-refractivity contribution in [2.24, 2.45) is 0 Å². The lowest BCUT2D eigenvalue weighted by Gasteiger charge is -2.09. The third-order valence-electron chi connectivity index (χ3n) is 2.80. The summed E-state index contributed by atoms with van der Waals surface area (Å²) in [6.45, 7) is 6.33. The summed E-state index contributed by atoms with van der Waals surface area (Å²) in [4.78, 5) is 4.07. The zero-order chi connectivity index (χ0) is 12.1. The normalized spacial score (nSPS) is 10.7. The zero-order valence-electron chi connectivity index (χ0n) is 10.5. The van der Waals surface area contributed by atoms with Gasteiger partial charge in [0.05, 0.1) is 6.33 Å². The van der Waals surface area contributed by atoms with Crippen molar-refractivity contribution in [2.75, 3.05) is 6.54 Å². The lowest BCUT2D eigenvalue weighted by atomic mass is 10.1. The highest BCUT2D eigenvalue weighted by Crippen LogP contribution is 2.15. The standard InChI is InChI=1S/C14H19N3/c1-3-6-15-10-13-4-5-14(12(2)9-13)17-8-7-16-11-17/h4-5,7-9,11,15H,3,6,10H2,1-2H3. The summed E-state index contributed by atoms with van der Waals surface area (Å²) in [5.41, 5.74) is 3.81. The van der Waals surface area contributed by atoms with Crippen molar-refractivity contribution < 1.29 is 0 Å². The summed E-state index contributed by atoms with van der Waals surface area (Å²) in [6.07, 6.45) is 6.77. The molecule has 3 nitrogen and oxygen atoms in total. The summed E-state index contributed by atoms with van der Waals surface area (Å²) in [5, 5.41) is 3.41. The van der Waals surface area contributed by atoms with Crippen LogP contribution in [0.2, 0.25) is 0 Å². The SMILES string of the molecule is CCCNCc1ccc(-n2ccnc2)c(C)c1. The molecule has 0 bridgehead atoms. The second kappa shape index (κ2) is 5.64. The van der Waals surface area contributed by atoms with E-state index in [1.807, 2.05) is 17.1 Å². The van der Waals surface area contributed by atoms with Gasteiger partial charge in [0.2, 0.25) is 0 Å². The van der Waals surface area contributed by atoms with E-state index in [4.69, 9.17) is 0 Å². The van der Waals surface area contributed by atoms with Crippen LogP contribution in [-0.4, -0.2) is 16.1 Å². The fourth-order valence-electron chi connectivity index (χ4n) is 1.93. The monoisotopic (exact) mass is 229 g/mol. The van der Waals surface area contributed by atoms with Crippen molar-refractivity contribution >= 4 is 0 Å². The van der Waals surface area contributed by atoms with E-state index in [1.165, 1.54) is 23.2 Å². The number of aryl methyl sites for hydroxylation is 1. The van der Waals surface area contributed by atoms with Gasteiger partial charge in [-0.3, -0.25) is 0 Å². The Bertz CT molecular complexity index is 460. The number of rotatable bonds is 5. The van der Waals surface area contributed by atoms with Crippen LogP contribution in [0.25, 0.3) is 5.69 Å². The average Bonchev–Trinajstić information content (AvgIpc) is 2.83. The molecule has 17 heavy (non-hydrogen) atoms. The van der Waals surface area contributed by atoms with E-state index in [2.05, 4.69) is 42.3 Å². The minimum atomic E-state index is 0.943. The first-order chi connectivity index (χ1) is 8.31. The molecule has 2 aromatic rings. The van der Waals surface area contributed by atoms with Crippen molar-refractivity contribution in [3.8, 4) is 5.69 Å². The van der Waals surface area contributed by atoms with Gasteiger partial charge >= 0.3 is 0 Å². The smallest absolute Gasteiger partial charge is 0.0991 e. The third kappa shape index (κ3) is 2.94. The van der Waals surface area contributed by atoms with Crippen LogP contribution in [0.3, 0.4) is 0 Å². The van der Waals surface area contributed by atoms with Crippen molar-refractivity contribution in [1.82, 2.24) is 14.9 Å². The predicted molar refractivity (Wildman–Crippen MR) is 70.3 cm³/mol. The first-order valence-corrected chi connectivity index (χ1v) is 6.10. The van der Waals surface area contributed by atoms with Crippen molar-refractivity contribution in [2.45, 2.75) is 26.8 Å². The maximum Gasteiger partial charge on any atom is 0.0991 e. The summed E-state index contributed by atoms with van der Waals surface area (Å²) in [5.74, 6) is 0. The molecule has 0 amide bonds. The topological polar surface area (TPSA) is 29.9 Å². The molecule has 1 aromatic carbocycles. The molecule has 1 aromatic heterocycles. The van der Waals surface area contributed by atoms with Gasteiger partial charge in [0, 0.05) is 24.6 Å². The minimum Gasteiger partial charge on any atom is -0.313 e. The van der Waals surface area contributed by atoms with E-state index in [0.29, 0.717) is 0 Å². The van der Waals surface area contributed by atoms with Gasteiger partial charge in [-0.15, -0.1) is 0 Å². The van der Waals surface area contributed by atoms with Gasteiger partial charge in [-0.1, -0.05) is 19.1 Å². The lowest BCUT2D eigenvalue weighted by Crippen LogP contribution is -2.13. The fraction of sp³-hybridized carbons (Fsp3) is 0.357. The van der Waals surface area contributed by atoms with Gasteiger partial charge in [0.15, 0.2) is 0 Å². The van der Waals surface area contributed by atoms with Crippen LogP contribution >= 0.6 is 0 Å². The molecule has 1 heterocycles. The van der Waals surface area contributed by atoms with E-state index in [-0.39, 0.29) is 0 Å². The first kappa shape index (κ1) is 11.9. The lowest BCUT2D eigenvalue weighted by molar-refractivity contribution is 0.675. The highest BCUT2D eigenvalue weighted by molar-refractivity contribution is 5.42. The van der Waals surface area contributed by atoms with E-state index < -0.39 is 0 Å². The van der Waals surface area contributed by atoms with Crippen LogP contribution in [0.5, 0.6) is 0 Å². The molecule has 0 saturated carbocycles. The molecule has 0 aliphatic heterocycles. The van der Waals surface area contributed by atoms with Crippen LogP contribution in [0.15, 0.2) is 36.9 Å². The number of nitrogens with zero attached hydrogens (tertiary/aromatic N) is 2. The molecule has 90 valence electrons. The third-order valence-corrected chi connectivity index (χ3v) is 2.80. The number of nitrogens with one attached hydrogen (secondary N) is 1. The molecule has 0 saturated heterocycles. The zero-order valence-corrected chi connectivity index (χ0v) is 10.5. The van der Waals surface area contributed by atoms with Crippen LogP contribution in [0, 0.1) is 6.92 Å². The molecule has 3 heteroatoms. The summed E-state index contributed by atoms with van der Waals surface area (Å²) in [6, 6.07) is 6.56. The molecule has 0 aliphatic carbocycles. The van der Waals surface area contributed by atoms with Crippen LogP contribution in [0.4, 0.5) is 0 Å². The highest BCUT2D eigenvalue weighted by atomic mass is 15.0. The molecule has 0 spiro atoms. The number of hydrogen-bond acceptors (Lipinski definition) is 2. The Morgan fingerprint density at radius 1 is 1.35 bits per heavy atom. The number of aromatic nitrogens is 2. The number of benzene rings is 1. The minimum absolute atomic E-state index is 0.943. The molecule has 0 unspecified atom stereocenters. The van der Waals surface area contributed by atoms with E-state index in [0.717, 1.165) is 13.1 Å². The van der Waals surface area contributed by atoms with Gasteiger partial charge in [-0.2, -0.15) is 0 Å². The molecule has 0 atom stereocenters. The van der Waals surface area contributed by atoms with Crippen molar-refractivity contribution in [3.63, 3.8) is 0 Å².